The highest BCUT2D eigenvalue weighted by Crippen LogP contribution is 2.36. The molecule has 19 heavy (non-hydrogen) atoms. The van der Waals surface area contributed by atoms with Crippen LogP contribution in [0, 0.1) is 0 Å². The molecule has 0 aliphatic carbocycles. The first-order valence-corrected chi connectivity index (χ1v) is 5.64. The molecule has 0 saturated carbocycles. The number of hydrogen-bond donors (Lipinski definition) is 1. The molecule has 6 heteroatoms. The second-order valence-electron chi connectivity index (χ2n) is 3.82. The van der Waals surface area contributed by atoms with E-state index >= 15 is 0 Å². The largest absolute Gasteiger partial charge is 0.456 e. The molecular formula is C13H9ClF3NO. The van der Waals surface area contributed by atoms with Crippen LogP contribution in [0.3, 0.4) is 0 Å². The highest BCUT2D eigenvalue weighted by molar-refractivity contribution is 6.32. The first kappa shape index (κ1) is 13.5. The van der Waals surface area contributed by atoms with E-state index in [1.54, 1.807) is 24.3 Å². The first-order chi connectivity index (χ1) is 8.86. The molecule has 2 rings (SSSR count). The van der Waals surface area contributed by atoms with Crippen molar-refractivity contribution in [2.75, 3.05) is 5.73 Å². The zero-order valence-electron chi connectivity index (χ0n) is 9.54. The second-order valence-corrected chi connectivity index (χ2v) is 4.22. The molecule has 0 radical (unpaired) electrons. The van der Waals surface area contributed by atoms with Crippen LogP contribution in [0.15, 0.2) is 42.5 Å². The van der Waals surface area contributed by atoms with Gasteiger partial charge in [0.2, 0.25) is 0 Å². The van der Waals surface area contributed by atoms with Crippen molar-refractivity contribution in [3.05, 3.63) is 53.1 Å². The van der Waals surface area contributed by atoms with Crippen LogP contribution in [-0.4, -0.2) is 0 Å². The Morgan fingerprint density at radius 3 is 2.37 bits per heavy atom. The number of rotatable bonds is 2. The third-order valence-corrected chi connectivity index (χ3v) is 2.64. The SMILES string of the molecule is Nc1cccc(Oc2ccc(C(F)(F)F)cc2Cl)c1. The third kappa shape index (κ3) is 3.32. The van der Waals surface area contributed by atoms with E-state index in [0.717, 1.165) is 12.1 Å². The Morgan fingerprint density at radius 1 is 1.05 bits per heavy atom. The second kappa shape index (κ2) is 5.01. The molecule has 0 aliphatic heterocycles. The van der Waals surface area contributed by atoms with Gasteiger partial charge < -0.3 is 10.5 Å². The molecule has 0 heterocycles. The number of hydrogen-bond acceptors (Lipinski definition) is 2. The topological polar surface area (TPSA) is 35.2 Å². The molecule has 2 aromatic rings. The van der Waals surface area contributed by atoms with Crippen molar-refractivity contribution in [3.63, 3.8) is 0 Å². The van der Waals surface area contributed by atoms with E-state index in [2.05, 4.69) is 0 Å². The molecule has 0 unspecified atom stereocenters. The summed E-state index contributed by atoms with van der Waals surface area (Å²) in [5, 5.41) is -0.114. The van der Waals surface area contributed by atoms with E-state index in [4.69, 9.17) is 22.1 Å². The maximum absolute atomic E-state index is 12.5. The van der Waals surface area contributed by atoms with Gasteiger partial charge in [-0.3, -0.25) is 0 Å². The van der Waals surface area contributed by atoms with Gasteiger partial charge in [0.25, 0.3) is 0 Å². The zero-order chi connectivity index (χ0) is 14.0. The number of benzene rings is 2. The number of nitrogen functional groups attached to an aromatic ring is 1. The van der Waals surface area contributed by atoms with Crippen molar-refractivity contribution in [2.24, 2.45) is 0 Å². The standard InChI is InChI=1S/C13H9ClF3NO/c14-11-6-8(13(15,16)17)4-5-12(11)19-10-3-1-2-9(18)7-10/h1-7H,18H2. The summed E-state index contributed by atoms with van der Waals surface area (Å²) in [4.78, 5) is 0. The summed E-state index contributed by atoms with van der Waals surface area (Å²) in [5.74, 6) is 0.543. The fourth-order valence-electron chi connectivity index (χ4n) is 1.46. The molecule has 2 N–H and O–H groups in total. The average Bonchev–Trinajstić information content (AvgIpc) is 2.30. The molecular weight excluding hydrogens is 279 g/mol. The van der Waals surface area contributed by atoms with Gasteiger partial charge in [0.15, 0.2) is 0 Å². The van der Waals surface area contributed by atoms with Crippen molar-refractivity contribution >= 4 is 17.3 Å². The monoisotopic (exact) mass is 287 g/mol. The number of alkyl halides is 3. The minimum absolute atomic E-state index is 0.114. The van der Waals surface area contributed by atoms with Gasteiger partial charge in [-0.25, -0.2) is 0 Å². The Labute approximate surface area is 112 Å². The first-order valence-electron chi connectivity index (χ1n) is 5.26. The van der Waals surface area contributed by atoms with Crippen LogP contribution in [-0.2, 0) is 6.18 Å². The van der Waals surface area contributed by atoms with Gasteiger partial charge >= 0.3 is 6.18 Å². The van der Waals surface area contributed by atoms with Gasteiger partial charge in [-0.05, 0) is 30.3 Å². The lowest BCUT2D eigenvalue weighted by Gasteiger charge is -2.11. The lowest BCUT2D eigenvalue weighted by atomic mass is 10.2. The summed E-state index contributed by atoms with van der Waals surface area (Å²) in [5.41, 5.74) is 5.23. The number of nitrogens with two attached hydrogens (primary N) is 1. The maximum atomic E-state index is 12.5. The van der Waals surface area contributed by atoms with Gasteiger partial charge in [0.05, 0.1) is 10.6 Å². The zero-order valence-corrected chi connectivity index (χ0v) is 10.3. The molecule has 100 valence electrons. The molecule has 0 saturated heterocycles. The van der Waals surface area contributed by atoms with Gasteiger partial charge in [-0.2, -0.15) is 13.2 Å². The van der Waals surface area contributed by atoms with Crippen molar-refractivity contribution in [1.29, 1.82) is 0 Å². The molecule has 0 aromatic heterocycles. The Kier molecular flexibility index (Phi) is 3.57. The molecule has 0 spiro atoms. The van der Waals surface area contributed by atoms with Gasteiger partial charge in [-0.15, -0.1) is 0 Å². The lowest BCUT2D eigenvalue weighted by Crippen LogP contribution is -2.04. The van der Waals surface area contributed by atoms with Crippen LogP contribution >= 0.6 is 11.6 Å². The van der Waals surface area contributed by atoms with Crippen molar-refractivity contribution in [1.82, 2.24) is 0 Å². The number of ether oxygens (including phenoxy) is 1. The van der Waals surface area contributed by atoms with E-state index in [1.165, 1.54) is 6.07 Å². The summed E-state index contributed by atoms with van der Waals surface area (Å²) in [6.45, 7) is 0. The van der Waals surface area contributed by atoms with Crippen molar-refractivity contribution in [2.45, 2.75) is 6.18 Å². The summed E-state index contributed by atoms with van der Waals surface area (Å²) < 4.78 is 42.8. The van der Waals surface area contributed by atoms with Crippen LogP contribution in [0.5, 0.6) is 11.5 Å². The van der Waals surface area contributed by atoms with E-state index in [0.29, 0.717) is 11.4 Å². The van der Waals surface area contributed by atoms with Crippen LogP contribution in [0.1, 0.15) is 5.56 Å². The van der Waals surface area contributed by atoms with Crippen molar-refractivity contribution < 1.29 is 17.9 Å². The minimum Gasteiger partial charge on any atom is -0.456 e. The molecule has 0 bridgehead atoms. The predicted molar refractivity (Wildman–Crippen MR) is 67.4 cm³/mol. The smallest absolute Gasteiger partial charge is 0.416 e. The Balaban J connectivity index is 2.27. The highest BCUT2D eigenvalue weighted by Gasteiger charge is 2.31. The van der Waals surface area contributed by atoms with Gasteiger partial charge in [0.1, 0.15) is 11.5 Å². The fourth-order valence-corrected chi connectivity index (χ4v) is 1.68. The summed E-state index contributed by atoms with van der Waals surface area (Å²) >= 11 is 5.77. The summed E-state index contributed by atoms with van der Waals surface area (Å²) in [7, 11) is 0. The van der Waals surface area contributed by atoms with Crippen LogP contribution in [0.25, 0.3) is 0 Å². The molecule has 2 aromatic carbocycles. The van der Waals surface area contributed by atoms with Crippen molar-refractivity contribution in [3.8, 4) is 11.5 Å². The quantitative estimate of drug-likeness (QED) is 0.810. The number of anilines is 1. The minimum atomic E-state index is -4.43. The van der Waals surface area contributed by atoms with Gasteiger partial charge in [-0.1, -0.05) is 17.7 Å². The molecule has 0 fully saturated rings. The van der Waals surface area contributed by atoms with Crippen LogP contribution in [0.4, 0.5) is 18.9 Å². The third-order valence-electron chi connectivity index (χ3n) is 2.35. The van der Waals surface area contributed by atoms with Gasteiger partial charge in [0, 0.05) is 11.8 Å². The summed E-state index contributed by atoms with van der Waals surface area (Å²) in [6, 6.07) is 9.42. The Hall–Kier alpha value is -1.88. The molecule has 0 amide bonds. The molecule has 2 nitrogen and oxygen atoms in total. The van der Waals surface area contributed by atoms with E-state index in [9.17, 15) is 13.2 Å². The maximum Gasteiger partial charge on any atom is 0.416 e. The van der Waals surface area contributed by atoms with E-state index < -0.39 is 11.7 Å². The van der Waals surface area contributed by atoms with E-state index in [1.807, 2.05) is 0 Å². The fraction of sp³-hybridized carbons (Fsp3) is 0.0769. The Bertz CT molecular complexity index is 599. The Morgan fingerprint density at radius 2 is 1.79 bits per heavy atom. The van der Waals surface area contributed by atoms with Crippen LogP contribution in [0.2, 0.25) is 5.02 Å². The normalized spacial score (nSPS) is 11.4. The predicted octanol–water partition coefficient (Wildman–Crippen LogP) is 4.73. The van der Waals surface area contributed by atoms with E-state index in [-0.39, 0.29) is 10.8 Å². The molecule has 0 atom stereocenters. The summed E-state index contributed by atoms with van der Waals surface area (Å²) in [6.07, 6.45) is -4.43. The van der Waals surface area contributed by atoms with Crippen LogP contribution < -0.4 is 10.5 Å². The average molecular weight is 288 g/mol. The lowest BCUT2D eigenvalue weighted by molar-refractivity contribution is -0.137. The highest BCUT2D eigenvalue weighted by atomic mass is 35.5. The molecule has 0 aliphatic rings. The number of halogens is 4.